The summed E-state index contributed by atoms with van der Waals surface area (Å²) in [5, 5.41) is 121. The van der Waals surface area contributed by atoms with Crippen molar-refractivity contribution in [3.63, 3.8) is 0 Å². The standard InChI is InChI=1S/C80H147NO18/c1-3-5-7-9-11-13-15-17-19-21-23-25-26-27-28-29-30-31-32-33-34-35-36-38-40-42-44-46-48-50-52-54-56-58-68(86)81-63(64(85)57-55-53-51-49-47-45-43-41-39-37-24-22-20-18-16-14-12-10-8-6-4-2)62-94-78-74(92)71(89)76(66(60-83)96-78)99-80-75(93)72(90)77(67(61-84)97-80)98-79-73(91)70(88)69(87)65(59-82)95-79/h15,17,21,23,26-27,55,57,63-67,69-80,82-85,87-93H,3-14,16,18-20,22,24-25,28-54,56,58-62H2,1-2H3,(H,81,86)/b17-15-,23-21-,27-26-,57-55+. The second-order valence-electron chi connectivity index (χ2n) is 28.9. The van der Waals surface area contributed by atoms with Crippen LogP contribution in [0.1, 0.15) is 322 Å². The Hall–Kier alpha value is -2.25. The number of unbranched alkanes of at least 4 members (excludes halogenated alkanes) is 42. The van der Waals surface area contributed by atoms with Gasteiger partial charge in [0.05, 0.1) is 38.6 Å². The van der Waals surface area contributed by atoms with Crippen LogP contribution in [0.2, 0.25) is 0 Å². The zero-order valence-corrected chi connectivity index (χ0v) is 62.0. The molecule has 0 aromatic rings. The Bertz CT molecular complexity index is 1980. The normalized spacial score (nSPS) is 26.8. The van der Waals surface area contributed by atoms with Crippen molar-refractivity contribution in [2.24, 2.45) is 0 Å². The average Bonchev–Trinajstić information content (AvgIpc) is 0.761. The van der Waals surface area contributed by atoms with E-state index in [1.54, 1.807) is 6.08 Å². The molecule has 0 aliphatic carbocycles. The van der Waals surface area contributed by atoms with Gasteiger partial charge in [-0.2, -0.15) is 0 Å². The average molecular weight is 1410 g/mol. The number of carbonyl (C=O) groups excluding carboxylic acids is 1. The number of allylic oxidation sites excluding steroid dienone is 7. The Kier molecular flexibility index (Phi) is 56.0. The van der Waals surface area contributed by atoms with E-state index in [-0.39, 0.29) is 18.9 Å². The van der Waals surface area contributed by atoms with E-state index in [0.29, 0.717) is 6.42 Å². The zero-order chi connectivity index (χ0) is 71.8. The highest BCUT2D eigenvalue weighted by Gasteiger charge is 2.54. The maximum atomic E-state index is 13.5. The number of carbonyl (C=O) groups is 1. The fraction of sp³-hybridized carbons (Fsp3) is 0.887. The molecular formula is C80H147NO18. The van der Waals surface area contributed by atoms with E-state index >= 15 is 0 Å². The Balaban J connectivity index is 1.36. The molecule has 3 heterocycles. The summed E-state index contributed by atoms with van der Waals surface area (Å²) >= 11 is 0. The third kappa shape index (κ3) is 41.3. The van der Waals surface area contributed by atoms with Gasteiger partial charge < -0.3 is 89.9 Å². The molecule has 3 rings (SSSR count). The van der Waals surface area contributed by atoms with Crippen molar-refractivity contribution in [1.29, 1.82) is 0 Å². The lowest BCUT2D eigenvalue weighted by Gasteiger charge is -2.48. The first-order valence-electron chi connectivity index (χ1n) is 40.4. The first kappa shape index (κ1) is 91.0. The van der Waals surface area contributed by atoms with E-state index in [1.807, 2.05) is 6.08 Å². The molecule has 0 saturated carbocycles. The fourth-order valence-corrected chi connectivity index (χ4v) is 13.6. The van der Waals surface area contributed by atoms with Crippen molar-refractivity contribution >= 4 is 5.91 Å². The van der Waals surface area contributed by atoms with Crippen molar-refractivity contribution in [3.8, 4) is 0 Å². The summed E-state index contributed by atoms with van der Waals surface area (Å²) < 4.78 is 34.5. The Morgan fingerprint density at radius 3 is 1.04 bits per heavy atom. The molecule has 19 heteroatoms. The van der Waals surface area contributed by atoms with Gasteiger partial charge >= 0.3 is 0 Å². The van der Waals surface area contributed by atoms with E-state index in [4.69, 9.17) is 28.4 Å². The maximum absolute atomic E-state index is 13.5. The van der Waals surface area contributed by atoms with Crippen molar-refractivity contribution in [3.05, 3.63) is 48.6 Å². The van der Waals surface area contributed by atoms with Gasteiger partial charge in [-0.1, -0.05) is 306 Å². The van der Waals surface area contributed by atoms with Gasteiger partial charge in [-0.05, 0) is 57.8 Å². The molecule has 3 fully saturated rings. The quantitative estimate of drug-likeness (QED) is 0.0199. The Morgan fingerprint density at radius 1 is 0.364 bits per heavy atom. The van der Waals surface area contributed by atoms with Gasteiger partial charge in [-0.3, -0.25) is 4.79 Å². The predicted octanol–water partition coefficient (Wildman–Crippen LogP) is 13.3. The van der Waals surface area contributed by atoms with E-state index in [9.17, 15) is 61.0 Å². The molecule has 17 unspecified atom stereocenters. The highest BCUT2D eigenvalue weighted by molar-refractivity contribution is 5.76. The summed E-state index contributed by atoms with van der Waals surface area (Å²) in [6.07, 6.45) is 49.5. The number of aliphatic hydroxyl groups is 11. The highest BCUT2D eigenvalue weighted by Crippen LogP contribution is 2.33. The summed E-state index contributed by atoms with van der Waals surface area (Å²) in [6, 6.07) is -0.974. The number of nitrogens with one attached hydrogen (secondary N) is 1. The lowest BCUT2D eigenvalue weighted by Crippen LogP contribution is -2.66. The van der Waals surface area contributed by atoms with Crippen LogP contribution in [0.15, 0.2) is 48.6 Å². The van der Waals surface area contributed by atoms with E-state index in [0.717, 1.165) is 57.8 Å². The van der Waals surface area contributed by atoms with Crippen LogP contribution in [0.25, 0.3) is 0 Å². The van der Waals surface area contributed by atoms with Crippen molar-refractivity contribution in [2.45, 2.75) is 426 Å². The number of rotatable bonds is 64. The highest BCUT2D eigenvalue weighted by atomic mass is 16.8. The van der Waals surface area contributed by atoms with Crippen LogP contribution in [-0.2, 0) is 33.2 Å². The molecule has 0 spiro atoms. The van der Waals surface area contributed by atoms with Gasteiger partial charge in [0.15, 0.2) is 18.9 Å². The van der Waals surface area contributed by atoms with Gasteiger partial charge in [0.25, 0.3) is 0 Å². The van der Waals surface area contributed by atoms with E-state index in [2.05, 4.69) is 55.6 Å². The fourth-order valence-electron chi connectivity index (χ4n) is 13.6. The minimum Gasteiger partial charge on any atom is -0.394 e. The SMILES string of the molecule is CCCCCCC/C=C\C/C=C\C/C=C\CCCCCCCCCCCCCCCCCCCCC(=O)NC(COC1OC(CO)C(OC2OC(CO)C(OC3OC(CO)C(O)C(O)C3O)C(O)C2O)C(O)C1O)C(O)/C=C/CCCCCCCCCCCCCCCCCCCCC. The predicted molar refractivity (Wildman–Crippen MR) is 392 cm³/mol. The zero-order valence-electron chi connectivity index (χ0n) is 62.0. The van der Waals surface area contributed by atoms with Gasteiger partial charge in [0.1, 0.15) is 73.2 Å². The summed E-state index contributed by atoms with van der Waals surface area (Å²) in [5.41, 5.74) is 0. The minimum atomic E-state index is -1.98. The van der Waals surface area contributed by atoms with Crippen LogP contribution in [0.3, 0.4) is 0 Å². The molecule has 1 amide bonds. The van der Waals surface area contributed by atoms with Gasteiger partial charge in [-0.15, -0.1) is 0 Å². The van der Waals surface area contributed by atoms with Gasteiger partial charge in [0, 0.05) is 6.42 Å². The van der Waals surface area contributed by atoms with Crippen LogP contribution in [-0.4, -0.2) is 193 Å². The summed E-state index contributed by atoms with van der Waals surface area (Å²) in [4.78, 5) is 13.5. The molecule has 580 valence electrons. The molecule has 12 N–H and O–H groups in total. The molecule has 3 saturated heterocycles. The van der Waals surface area contributed by atoms with Crippen LogP contribution in [0.4, 0.5) is 0 Å². The van der Waals surface area contributed by atoms with Crippen LogP contribution < -0.4 is 5.32 Å². The molecular weight excluding hydrogens is 1260 g/mol. The van der Waals surface area contributed by atoms with Crippen LogP contribution in [0, 0.1) is 0 Å². The Labute approximate surface area is 599 Å². The van der Waals surface area contributed by atoms with Crippen LogP contribution in [0.5, 0.6) is 0 Å². The van der Waals surface area contributed by atoms with Gasteiger partial charge in [0.2, 0.25) is 5.91 Å². The van der Waals surface area contributed by atoms with Crippen molar-refractivity contribution in [2.75, 3.05) is 26.4 Å². The van der Waals surface area contributed by atoms with Crippen LogP contribution >= 0.6 is 0 Å². The summed E-state index contributed by atoms with van der Waals surface area (Å²) in [5.74, 6) is -0.271. The maximum Gasteiger partial charge on any atom is 0.220 e. The first-order valence-corrected chi connectivity index (χ1v) is 40.4. The summed E-state index contributed by atoms with van der Waals surface area (Å²) in [7, 11) is 0. The van der Waals surface area contributed by atoms with Gasteiger partial charge in [-0.25, -0.2) is 0 Å². The summed E-state index contributed by atoms with van der Waals surface area (Å²) in [6.45, 7) is 1.77. The molecule has 99 heavy (non-hydrogen) atoms. The molecule has 0 bridgehead atoms. The molecule has 0 aromatic carbocycles. The first-order chi connectivity index (χ1) is 48.3. The third-order valence-corrected chi connectivity index (χ3v) is 20.1. The Morgan fingerprint density at radius 2 is 0.667 bits per heavy atom. The monoisotopic (exact) mass is 1410 g/mol. The number of hydrogen-bond acceptors (Lipinski definition) is 18. The van der Waals surface area contributed by atoms with Crippen molar-refractivity contribution < 1.29 is 89.4 Å². The molecule has 3 aliphatic rings. The molecule has 3 aliphatic heterocycles. The largest absolute Gasteiger partial charge is 0.394 e. The number of hydrogen-bond donors (Lipinski definition) is 12. The molecule has 0 aromatic heterocycles. The lowest BCUT2D eigenvalue weighted by atomic mass is 9.96. The molecule has 17 atom stereocenters. The number of aliphatic hydroxyl groups excluding tert-OH is 11. The second-order valence-corrected chi connectivity index (χ2v) is 28.9. The lowest BCUT2D eigenvalue weighted by molar-refractivity contribution is -0.379. The molecule has 0 radical (unpaired) electrons. The number of ether oxygens (including phenoxy) is 6. The minimum absolute atomic E-state index is 0.245. The number of amides is 1. The third-order valence-electron chi connectivity index (χ3n) is 20.1. The smallest absolute Gasteiger partial charge is 0.220 e. The second kappa shape index (κ2) is 61.0. The van der Waals surface area contributed by atoms with E-state index < -0.39 is 124 Å². The van der Waals surface area contributed by atoms with Crippen molar-refractivity contribution in [1.82, 2.24) is 5.32 Å². The molecule has 19 nitrogen and oxygen atoms in total. The topological polar surface area (TPSA) is 307 Å². The van der Waals surface area contributed by atoms with E-state index in [1.165, 1.54) is 238 Å².